The minimum Gasteiger partial charge on any atom is -0.272 e. The Bertz CT molecular complexity index is 1030. The average Bonchev–Trinajstić information content (AvgIpc) is 3.09. The van der Waals surface area contributed by atoms with Gasteiger partial charge in [0.1, 0.15) is 5.69 Å². The van der Waals surface area contributed by atoms with Crippen LogP contribution < -0.4 is 5.43 Å². The Hall–Kier alpha value is -2.63. The molecule has 0 fully saturated rings. The number of halogens is 2. The number of amides is 1. The van der Waals surface area contributed by atoms with E-state index in [0.717, 1.165) is 35.2 Å². The van der Waals surface area contributed by atoms with Crippen LogP contribution in [0.4, 0.5) is 0 Å². The van der Waals surface area contributed by atoms with Gasteiger partial charge in [-0.25, -0.2) is 5.43 Å². The van der Waals surface area contributed by atoms with Crippen molar-refractivity contribution in [1.82, 2.24) is 15.6 Å². The Morgan fingerprint density at radius 3 is 2.85 bits per heavy atom. The summed E-state index contributed by atoms with van der Waals surface area (Å²) < 4.78 is 0. The summed E-state index contributed by atoms with van der Waals surface area (Å²) in [5, 5.41) is 12.1. The van der Waals surface area contributed by atoms with Crippen molar-refractivity contribution in [2.24, 2.45) is 5.10 Å². The fourth-order valence-electron chi connectivity index (χ4n) is 3.06. The minimum absolute atomic E-state index is 0.325. The Kier molecular flexibility index (Phi) is 4.49. The number of nitrogens with zero attached hydrogens (tertiary/aromatic N) is 2. The zero-order valence-corrected chi connectivity index (χ0v) is 15.1. The van der Waals surface area contributed by atoms with E-state index in [9.17, 15) is 4.79 Å². The largest absolute Gasteiger partial charge is 0.289 e. The van der Waals surface area contributed by atoms with E-state index in [1.165, 1.54) is 11.8 Å². The van der Waals surface area contributed by atoms with Crippen LogP contribution in [0.5, 0.6) is 0 Å². The van der Waals surface area contributed by atoms with Gasteiger partial charge in [0.2, 0.25) is 0 Å². The van der Waals surface area contributed by atoms with Crippen molar-refractivity contribution in [2.45, 2.75) is 12.8 Å². The van der Waals surface area contributed by atoms with Crippen molar-refractivity contribution < 1.29 is 4.79 Å². The van der Waals surface area contributed by atoms with E-state index in [0.29, 0.717) is 15.7 Å². The molecule has 0 saturated heterocycles. The van der Waals surface area contributed by atoms with E-state index in [2.05, 4.69) is 26.8 Å². The molecular weight excluding hydrogens is 371 g/mol. The Labute approximate surface area is 160 Å². The highest BCUT2D eigenvalue weighted by Gasteiger charge is 2.24. The molecule has 1 aliphatic rings. The molecule has 4 rings (SSSR count). The van der Waals surface area contributed by atoms with Gasteiger partial charge in [-0.1, -0.05) is 53.5 Å². The molecule has 3 aromatic rings. The summed E-state index contributed by atoms with van der Waals surface area (Å²) in [6.07, 6.45) is 3.16. The molecule has 1 heterocycles. The molecule has 0 aliphatic heterocycles. The number of fused-ring (bicyclic) bond motifs is 3. The number of nitrogens with one attached hydrogen (secondary N) is 2. The lowest BCUT2D eigenvalue weighted by molar-refractivity contribution is 0.0949. The fraction of sp³-hybridized carbons (Fsp3) is 0.105. The monoisotopic (exact) mass is 384 g/mol. The SMILES string of the molecule is O=C(N/N=C/c1ccc(Cl)c(Cl)c1)c1[nH]nc2c1CCc1ccccc1-2. The lowest BCUT2D eigenvalue weighted by Crippen LogP contribution is -2.20. The van der Waals surface area contributed by atoms with Crippen molar-refractivity contribution >= 4 is 35.3 Å². The molecule has 1 aromatic heterocycles. The number of aromatic nitrogens is 2. The molecule has 1 aliphatic carbocycles. The van der Waals surface area contributed by atoms with Crippen molar-refractivity contribution in [1.29, 1.82) is 0 Å². The second kappa shape index (κ2) is 6.94. The van der Waals surface area contributed by atoms with E-state index >= 15 is 0 Å². The fourth-order valence-corrected chi connectivity index (χ4v) is 3.37. The molecule has 0 spiro atoms. The minimum atomic E-state index is -0.325. The van der Waals surface area contributed by atoms with Crippen LogP contribution in [-0.4, -0.2) is 22.3 Å². The van der Waals surface area contributed by atoms with Gasteiger partial charge < -0.3 is 0 Å². The lowest BCUT2D eigenvalue weighted by Gasteiger charge is -2.15. The maximum absolute atomic E-state index is 12.5. The van der Waals surface area contributed by atoms with Crippen LogP contribution in [-0.2, 0) is 12.8 Å². The summed E-state index contributed by atoms with van der Waals surface area (Å²) in [7, 11) is 0. The van der Waals surface area contributed by atoms with E-state index in [1.54, 1.807) is 18.2 Å². The van der Waals surface area contributed by atoms with Crippen LogP contribution in [0.25, 0.3) is 11.3 Å². The van der Waals surface area contributed by atoms with E-state index in [-0.39, 0.29) is 5.91 Å². The normalized spacial score (nSPS) is 12.7. The number of aryl methyl sites for hydroxylation is 1. The third-order valence-electron chi connectivity index (χ3n) is 4.33. The summed E-state index contributed by atoms with van der Waals surface area (Å²) in [5.74, 6) is -0.325. The average molecular weight is 385 g/mol. The number of carbonyl (C=O) groups is 1. The second-order valence-corrected chi connectivity index (χ2v) is 6.77. The quantitative estimate of drug-likeness (QED) is 0.523. The van der Waals surface area contributed by atoms with Gasteiger partial charge in [0.25, 0.3) is 5.91 Å². The zero-order chi connectivity index (χ0) is 18.1. The second-order valence-electron chi connectivity index (χ2n) is 5.96. The molecule has 0 atom stereocenters. The summed E-state index contributed by atoms with van der Waals surface area (Å²) >= 11 is 11.8. The van der Waals surface area contributed by atoms with Gasteiger partial charge in [-0.3, -0.25) is 9.89 Å². The standard InChI is InChI=1S/C19H14Cl2N4O/c20-15-8-5-11(9-16(15)21)10-22-25-19(26)18-14-7-6-12-3-1-2-4-13(12)17(14)23-24-18/h1-5,8-10H,6-7H2,(H,23,24)(H,25,26)/b22-10+. The first-order valence-corrected chi connectivity index (χ1v) is 8.83. The topological polar surface area (TPSA) is 70.1 Å². The van der Waals surface area contributed by atoms with Crippen LogP contribution in [0.15, 0.2) is 47.6 Å². The van der Waals surface area contributed by atoms with Crippen LogP contribution in [0.3, 0.4) is 0 Å². The molecule has 0 saturated carbocycles. The highest BCUT2D eigenvalue weighted by molar-refractivity contribution is 6.42. The smallest absolute Gasteiger partial charge is 0.272 e. The van der Waals surface area contributed by atoms with Crippen LogP contribution in [0.1, 0.15) is 27.2 Å². The Morgan fingerprint density at radius 1 is 1.15 bits per heavy atom. The first-order valence-electron chi connectivity index (χ1n) is 8.07. The predicted molar refractivity (Wildman–Crippen MR) is 103 cm³/mol. The maximum atomic E-state index is 12.5. The number of carbonyl (C=O) groups excluding carboxylic acids is 1. The van der Waals surface area contributed by atoms with Crippen molar-refractivity contribution in [3.8, 4) is 11.3 Å². The molecule has 2 aromatic carbocycles. The number of aromatic amines is 1. The maximum Gasteiger partial charge on any atom is 0.289 e. The van der Waals surface area contributed by atoms with Gasteiger partial charge in [-0.2, -0.15) is 10.2 Å². The van der Waals surface area contributed by atoms with Gasteiger partial charge in [-0.05, 0) is 36.1 Å². The van der Waals surface area contributed by atoms with Crippen molar-refractivity contribution in [3.05, 3.63) is 74.9 Å². The highest BCUT2D eigenvalue weighted by Crippen LogP contribution is 2.33. The number of rotatable bonds is 3. The first kappa shape index (κ1) is 16.8. The molecule has 1 amide bonds. The van der Waals surface area contributed by atoms with Crippen LogP contribution >= 0.6 is 23.2 Å². The molecule has 26 heavy (non-hydrogen) atoms. The van der Waals surface area contributed by atoms with E-state index < -0.39 is 0 Å². The molecule has 130 valence electrons. The number of hydrogen-bond acceptors (Lipinski definition) is 3. The molecule has 7 heteroatoms. The number of H-pyrrole nitrogens is 1. The summed E-state index contributed by atoms with van der Waals surface area (Å²) in [5.41, 5.74) is 7.79. The summed E-state index contributed by atoms with van der Waals surface area (Å²) in [6, 6.07) is 13.2. The Morgan fingerprint density at radius 2 is 2.00 bits per heavy atom. The number of hydrazone groups is 1. The molecule has 5 nitrogen and oxygen atoms in total. The van der Waals surface area contributed by atoms with Gasteiger partial charge in [0.15, 0.2) is 0 Å². The van der Waals surface area contributed by atoms with Gasteiger partial charge >= 0.3 is 0 Å². The molecule has 2 N–H and O–H groups in total. The van der Waals surface area contributed by atoms with Crippen molar-refractivity contribution in [3.63, 3.8) is 0 Å². The third kappa shape index (κ3) is 3.11. The van der Waals surface area contributed by atoms with Crippen LogP contribution in [0.2, 0.25) is 10.0 Å². The molecular formula is C19H14Cl2N4O. The van der Waals surface area contributed by atoms with E-state index in [1.807, 2.05) is 18.2 Å². The number of benzene rings is 2. The summed E-state index contributed by atoms with van der Waals surface area (Å²) in [6.45, 7) is 0. The lowest BCUT2D eigenvalue weighted by atomic mass is 9.89. The third-order valence-corrected chi connectivity index (χ3v) is 5.07. The van der Waals surface area contributed by atoms with Gasteiger partial charge in [-0.15, -0.1) is 0 Å². The first-order chi connectivity index (χ1) is 12.6. The van der Waals surface area contributed by atoms with Crippen molar-refractivity contribution in [2.75, 3.05) is 0 Å². The Balaban J connectivity index is 1.52. The summed E-state index contributed by atoms with van der Waals surface area (Å²) in [4.78, 5) is 12.5. The number of hydrogen-bond donors (Lipinski definition) is 2. The van der Waals surface area contributed by atoms with E-state index in [4.69, 9.17) is 23.2 Å². The predicted octanol–water partition coefficient (Wildman–Crippen LogP) is 4.25. The highest BCUT2D eigenvalue weighted by atomic mass is 35.5. The van der Waals surface area contributed by atoms with Crippen LogP contribution in [0, 0.1) is 0 Å². The van der Waals surface area contributed by atoms with Gasteiger partial charge in [0, 0.05) is 11.1 Å². The molecule has 0 bridgehead atoms. The molecule has 0 unspecified atom stereocenters. The van der Waals surface area contributed by atoms with Gasteiger partial charge in [0.05, 0.1) is 22.0 Å². The molecule has 0 radical (unpaired) electrons. The zero-order valence-electron chi connectivity index (χ0n) is 13.6.